The maximum atomic E-state index is 5.34. The largest absolute Gasteiger partial charge is 0.356 e. The number of hydrogen-bond acceptors (Lipinski definition) is 2. The van der Waals surface area contributed by atoms with Crippen molar-refractivity contribution < 1.29 is 4.52 Å². The van der Waals surface area contributed by atoms with Crippen LogP contribution in [0.25, 0.3) is 11.0 Å². The Kier molecular flexibility index (Phi) is 1.84. The Morgan fingerprint density at radius 1 is 1.33 bits per heavy atom. The molecule has 0 N–H and O–H groups in total. The summed E-state index contributed by atoms with van der Waals surface area (Å²) in [6.45, 7) is 4.60. The predicted molar refractivity (Wildman–Crippen MR) is 59.7 cm³/mol. The van der Waals surface area contributed by atoms with Crippen molar-refractivity contribution in [3.8, 4) is 0 Å². The number of hydrogen-bond donors (Lipinski definition) is 0. The van der Waals surface area contributed by atoms with E-state index < -0.39 is 0 Å². The molecule has 1 aliphatic carbocycles. The third kappa shape index (κ3) is 1.28. The predicted octanol–water partition coefficient (Wildman–Crippen LogP) is 3.20. The second-order valence-electron chi connectivity index (χ2n) is 4.86. The molecule has 1 atom stereocenters. The first-order valence-electron chi connectivity index (χ1n) is 5.61. The van der Waals surface area contributed by atoms with Crippen LogP contribution in [0.2, 0.25) is 0 Å². The van der Waals surface area contributed by atoms with Crippen LogP contribution in [0.15, 0.2) is 22.9 Å². The number of fused-ring (bicyclic) bond motifs is 3. The highest BCUT2D eigenvalue weighted by molar-refractivity contribution is 5.81. The number of rotatable bonds is 1. The van der Waals surface area contributed by atoms with Crippen molar-refractivity contribution in [2.45, 2.75) is 26.7 Å². The lowest BCUT2D eigenvalue weighted by Gasteiger charge is -2.12. The molecule has 1 heterocycles. The summed E-state index contributed by atoms with van der Waals surface area (Å²) in [5, 5.41) is 5.01. The average Bonchev–Trinajstić information content (AvgIpc) is 2.82. The summed E-state index contributed by atoms with van der Waals surface area (Å²) in [6, 6.07) is 4.35. The smallest absolute Gasteiger partial charge is 0.170 e. The third-order valence-electron chi connectivity index (χ3n) is 3.61. The van der Waals surface area contributed by atoms with Gasteiger partial charge in [-0.1, -0.05) is 25.1 Å². The Morgan fingerprint density at radius 2 is 2.20 bits per heavy atom. The molecule has 2 heteroatoms. The normalized spacial score (nSPS) is 20.1. The van der Waals surface area contributed by atoms with E-state index in [0.29, 0.717) is 0 Å². The summed E-state index contributed by atoms with van der Waals surface area (Å²) >= 11 is 0. The van der Waals surface area contributed by atoms with Crippen molar-refractivity contribution in [1.82, 2.24) is 5.16 Å². The highest BCUT2D eigenvalue weighted by Crippen LogP contribution is 2.35. The molecule has 0 amide bonds. The molecule has 1 aliphatic rings. The number of aromatic nitrogens is 1. The van der Waals surface area contributed by atoms with E-state index in [0.717, 1.165) is 29.2 Å². The molecule has 0 radical (unpaired) electrons. The number of nitrogens with zero attached hydrogens (tertiary/aromatic N) is 1. The fourth-order valence-corrected chi connectivity index (χ4v) is 2.54. The van der Waals surface area contributed by atoms with Gasteiger partial charge in [0.15, 0.2) is 5.58 Å². The van der Waals surface area contributed by atoms with Gasteiger partial charge in [0, 0.05) is 10.9 Å². The van der Waals surface area contributed by atoms with Crippen LogP contribution in [0, 0.1) is 11.8 Å². The maximum absolute atomic E-state index is 5.34. The highest BCUT2D eigenvalue weighted by Gasteiger charge is 2.26. The van der Waals surface area contributed by atoms with Gasteiger partial charge in [-0.3, -0.25) is 0 Å². The quantitative estimate of drug-likeness (QED) is 0.708. The van der Waals surface area contributed by atoms with Crippen molar-refractivity contribution in [2.75, 3.05) is 0 Å². The Balaban J connectivity index is 2.12. The molecular weight excluding hydrogens is 186 g/mol. The summed E-state index contributed by atoms with van der Waals surface area (Å²) in [5.41, 5.74) is 3.86. The fourth-order valence-electron chi connectivity index (χ4n) is 2.54. The first-order chi connectivity index (χ1) is 7.25. The van der Waals surface area contributed by atoms with E-state index in [9.17, 15) is 0 Å². The zero-order valence-electron chi connectivity index (χ0n) is 9.16. The van der Waals surface area contributed by atoms with Gasteiger partial charge < -0.3 is 4.52 Å². The van der Waals surface area contributed by atoms with E-state index >= 15 is 0 Å². The second kappa shape index (κ2) is 3.09. The first-order valence-corrected chi connectivity index (χ1v) is 5.61. The monoisotopic (exact) mass is 201 g/mol. The Bertz CT molecular complexity index is 498. The van der Waals surface area contributed by atoms with Gasteiger partial charge in [-0.15, -0.1) is 0 Å². The minimum absolute atomic E-state index is 0.746. The zero-order valence-corrected chi connectivity index (χ0v) is 9.16. The Labute approximate surface area is 89.3 Å². The Morgan fingerprint density at radius 3 is 3.00 bits per heavy atom. The lowest BCUT2D eigenvalue weighted by atomic mass is 9.93. The van der Waals surface area contributed by atoms with Crippen molar-refractivity contribution >= 4 is 11.0 Å². The molecule has 2 nitrogen and oxygen atoms in total. The summed E-state index contributed by atoms with van der Waals surface area (Å²) in [4.78, 5) is 0. The van der Waals surface area contributed by atoms with Crippen LogP contribution in [0.3, 0.4) is 0 Å². The molecular formula is C13H15NO. The molecule has 0 spiro atoms. The first kappa shape index (κ1) is 8.96. The summed E-state index contributed by atoms with van der Waals surface area (Å²) in [7, 11) is 0. The molecule has 0 bridgehead atoms. The van der Waals surface area contributed by atoms with E-state index in [2.05, 4.69) is 31.1 Å². The van der Waals surface area contributed by atoms with Crippen LogP contribution < -0.4 is 0 Å². The average molecular weight is 201 g/mol. The molecule has 1 aromatic heterocycles. The standard InChI is InChI=1S/C13H15NO/c1-8(2)11-5-9-3-4-10-7-14-15-13(10)12(9)6-11/h3-4,7-8,11H,5-6H2,1-2H3. The topological polar surface area (TPSA) is 26.0 Å². The van der Waals surface area contributed by atoms with Crippen molar-refractivity contribution in [3.05, 3.63) is 29.5 Å². The summed E-state index contributed by atoms with van der Waals surface area (Å²) < 4.78 is 5.34. The lowest BCUT2D eigenvalue weighted by molar-refractivity contribution is 0.401. The van der Waals surface area contributed by atoms with Gasteiger partial charge >= 0.3 is 0 Å². The minimum atomic E-state index is 0.746. The molecule has 1 aromatic carbocycles. The van der Waals surface area contributed by atoms with Gasteiger partial charge in [-0.25, -0.2) is 0 Å². The molecule has 0 saturated carbocycles. The van der Waals surface area contributed by atoms with Gasteiger partial charge in [0.05, 0.1) is 6.20 Å². The summed E-state index contributed by atoms with van der Waals surface area (Å²) in [6.07, 6.45) is 4.15. The van der Waals surface area contributed by atoms with E-state index in [1.165, 1.54) is 17.5 Å². The highest BCUT2D eigenvalue weighted by atomic mass is 16.5. The van der Waals surface area contributed by atoms with Gasteiger partial charge in [0.2, 0.25) is 0 Å². The van der Waals surface area contributed by atoms with Crippen LogP contribution in [0.1, 0.15) is 25.0 Å². The summed E-state index contributed by atoms with van der Waals surface area (Å²) in [5.74, 6) is 1.52. The van der Waals surface area contributed by atoms with E-state index in [4.69, 9.17) is 4.52 Å². The molecule has 0 fully saturated rings. The van der Waals surface area contributed by atoms with Gasteiger partial charge in [-0.05, 0) is 36.3 Å². The van der Waals surface area contributed by atoms with Crippen molar-refractivity contribution in [2.24, 2.45) is 11.8 Å². The van der Waals surface area contributed by atoms with Gasteiger partial charge in [-0.2, -0.15) is 0 Å². The molecule has 0 saturated heterocycles. The van der Waals surface area contributed by atoms with Crippen LogP contribution in [-0.2, 0) is 12.8 Å². The van der Waals surface area contributed by atoms with Crippen molar-refractivity contribution in [1.29, 1.82) is 0 Å². The maximum Gasteiger partial charge on any atom is 0.170 e. The van der Waals surface area contributed by atoms with E-state index in [-0.39, 0.29) is 0 Å². The molecule has 0 aliphatic heterocycles. The molecule has 3 rings (SSSR count). The Hall–Kier alpha value is -1.31. The molecule has 2 aromatic rings. The molecule has 15 heavy (non-hydrogen) atoms. The fraction of sp³-hybridized carbons (Fsp3) is 0.462. The van der Waals surface area contributed by atoms with Gasteiger partial charge in [0.1, 0.15) is 0 Å². The van der Waals surface area contributed by atoms with Crippen LogP contribution in [-0.4, -0.2) is 5.16 Å². The van der Waals surface area contributed by atoms with Crippen LogP contribution in [0.4, 0.5) is 0 Å². The molecule has 78 valence electrons. The minimum Gasteiger partial charge on any atom is -0.356 e. The SMILES string of the molecule is CC(C)C1Cc2ccc3cnoc3c2C1. The van der Waals surface area contributed by atoms with E-state index in [1.807, 2.05) is 0 Å². The molecule has 1 unspecified atom stereocenters. The van der Waals surface area contributed by atoms with E-state index in [1.54, 1.807) is 6.20 Å². The number of benzene rings is 1. The third-order valence-corrected chi connectivity index (χ3v) is 3.61. The van der Waals surface area contributed by atoms with Crippen LogP contribution >= 0.6 is 0 Å². The van der Waals surface area contributed by atoms with Crippen LogP contribution in [0.5, 0.6) is 0 Å². The second-order valence-corrected chi connectivity index (χ2v) is 4.86. The van der Waals surface area contributed by atoms with Gasteiger partial charge in [0.25, 0.3) is 0 Å². The van der Waals surface area contributed by atoms with Crippen molar-refractivity contribution in [3.63, 3.8) is 0 Å². The zero-order chi connectivity index (χ0) is 10.4. The lowest BCUT2D eigenvalue weighted by Crippen LogP contribution is -2.07.